The topological polar surface area (TPSA) is 48.6 Å². The van der Waals surface area contributed by atoms with E-state index in [2.05, 4.69) is 87.2 Å². The van der Waals surface area contributed by atoms with Crippen molar-refractivity contribution in [1.82, 2.24) is 9.78 Å². The van der Waals surface area contributed by atoms with Crippen molar-refractivity contribution >= 4 is 42.5 Å². The zero-order chi connectivity index (χ0) is 32.6. The summed E-state index contributed by atoms with van der Waals surface area (Å²) in [5, 5.41) is 5.99. The normalized spacial score (nSPS) is 11.7. The van der Waals surface area contributed by atoms with Gasteiger partial charge in [-0.2, -0.15) is 5.10 Å². The van der Waals surface area contributed by atoms with Crippen LogP contribution in [0.5, 0.6) is 11.5 Å². The molecule has 0 aliphatic carbocycles. The van der Waals surface area contributed by atoms with Gasteiger partial charge in [0, 0.05) is 43.3 Å². The highest BCUT2D eigenvalue weighted by Gasteiger charge is 2.15. The number of aliphatic imine (C=N–C) groups is 1. The predicted octanol–water partition coefficient (Wildman–Crippen LogP) is 10.8. The molecule has 0 amide bonds. The van der Waals surface area contributed by atoms with Gasteiger partial charge in [-0.3, -0.25) is 0 Å². The Hall–Kier alpha value is -5.04. The second kappa shape index (κ2) is 14.6. The molecule has 0 fully saturated rings. The van der Waals surface area contributed by atoms with Crippen LogP contribution in [-0.2, 0) is 11.5 Å². The average Bonchev–Trinajstić information content (AvgIpc) is 3.43. The Morgan fingerprint density at radius 2 is 1.36 bits per heavy atom. The van der Waals surface area contributed by atoms with Crippen LogP contribution in [0.2, 0.25) is 25.7 Å². The molecule has 6 heteroatoms. The fourth-order valence-electron chi connectivity index (χ4n) is 5.25. The fraction of sp³-hybridized carbons (Fsp3) is 0.171. The molecule has 1 heterocycles. The Kier molecular flexibility index (Phi) is 9.91. The minimum Gasteiger partial charge on any atom is -0.457 e. The van der Waals surface area contributed by atoms with E-state index >= 15 is 0 Å². The maximum Gasteiger partial charge on any atom is 0.140 e. The highest BCUT2D eigenvalue weighted by Crippen LogP contribution is 2.32. The summed E-state index contributed by atoms with van der Waals surface area (Å²) in [5.74, 6) is 1.44. The van der Waals surface area contributed by atoms with Gasteiger partial charge in [0.15, 0.2) is 0 Å². The van der Waals surface area contributed by atoms with Gasteiger partial charge in [0.05, 0.1) is 22.6 Å². The summed E-state index contributed by atoms with van der Waals surface area (Å²) in [6, 6.07) is 44.2. The fourth-order valence-corrected chi connectivity index (χ4v) is 6.01. The van der Waals surface area contributed by atoms with Crippen molar-refractivity contribution in [2.75, 3.05) is 6.61 Å². The van der Waals surface area contributed by atoms with Crippen LogP contribution in [0.1, 0.15) is 27.9 Å². The first-order valence-corrected chi connectivity index (χ1v) is 19.8. The first-order chi connectivity index (χ1) is 22.8. The first-order valence-electron chi connectivity index (χ1n) is 16.1. The summed E-state index contributed by atoms with van der Waals surface area (Å²) < 4.78 is 14.5. The zero-order valence-corrected chi connectivity index (χ0v) is 28.6. The van der Waals surface area contributed by atoms with Crippen molar-refractivity contribution in [2.24, 2.45) is 4.99 Å². The quantitative estimate of drug-likeness (QED) is 0.0764. The van der Waals surface area contributed by atoms with Gasteiger partial charge in [-0.15, -0.1) is 0 Å². The van der Waals surface area contributed by atoms with Crippen LogP contribution in [0.15, 0.2) is 132 Å². The van der Waals surface area contributed by atoms with Crippen molar-refractivity contribution in [3.63, 3.8) is 0 Å². The number of fused-ring (bicyclic) bond motifs is 1. The lowest BCUT2D eigenvalue weighted by Crippen LogP contribution is -2.22. The van der Waals surface area contributed by atoms with Gasteiger partial charge in [-0.1, -0.05) is 123 Å². The standard InChI is InChI=1S/C41H41N3O2Si/c1-31-20-22-35(28-39(31)42-41(33-16-10-6-11-17-33)34-18-12-7-13-19-34)46-36-23-24-37-38(25-21-32-14-8-5-9-15-32)43-44(40(37)29-36)30-45-26-27-47(2,3)4/h5-25,28-29H,26-27,30H2,1-4H3. The van der Waals surface area contributed by atoms with Crippen LogP contribution >= 0.6 is 0 Å². The molecule has 47 heavy (non-hydrogen) atoms. The molecule has 6 aromatic rings. The molecule has 0 spiro atoms. The van der Waals surface area contributed by atoms with Crippen LogP contribution in [0.25, 0.3) is 23.1 Å². The van der Waals surface area contributed by atoms with E-state index in [1.54, 1.807) is 0 Å². The Morgan fingerprint density at radius 3 is 2.02 bits per heavy atom. The van der Waals surface area contributed by atoms with Crippen LogP contribution in [0, 0.1) is 6.92 Å². The van der Waals surface area contributed by atoms with Gasteiger partial charge in [0.2, 0.25) is 0 Å². The predicted molar refractivity (Wildman–Crippen MR) is 199 cm³/mol. The summed E-state index contributed by atoms with van der Waals surface area (Å²) in [4.78, 5) is 5.17. The molecule has 0 saturated heterocycles. The third kappa shape index (κ3) is 8.41. The molecule has 0 atom stereocenters. The van der Waals surface area contributed by atoms with Gasteiger partial charge >= 0.3 is 0 Å². The Balaban J connectivity index is 1.31. The number of rotatable bonds is 12. The molecule has 1 aromatic heterocycles. The Morgan fingerprint density at radius 1 is 0.745 bits per heavy atom. The Bertz CT molecular complexity index is 1950. The molecule has 0 bridgehead atoms. The largest absolute Gasteiger partial charge is 0.457 e. The van der Waals surface area contributed by atoms with Crippen LogP contribution in [0.3, 0.4) is 0 Å². The maximum absolute atomic E-state index is 6.48. The SMILES string of the molecule is Cc1ccc(Oc2ccc3c(C=Cc4ccccc4)nn(COCC[Si](C)(C)C)c3c2)cc1N=C(c1ccccc1)c1ccccc1. The summed E-state index contributed by atoms with van der Waals surface area (Å²) in [7, 11) is -1.20. The van der Waals surface area contributed by atoms with Gasteiger partial charge in [0.25, 0.3) is 0 Å². The van der Waals surface area contributed by atoms with E-state index in [-0.39, 0.29) is 0 Å². The maximum atomic E-state index is 6.48. The summed E-state index contributed by atoms with van der Waals surface area (Å²) in [6.07, 6.45) is 4.16. The van der Waals surface area contributed by atoms with Crippen LogP contribution in [-0.4, -0.2) is 30.2 Å². The highest BCUT2D eigenvalue weighted by atomic mass is 28.3. The van der Waals surface area contributed by atoms with E-state index in [1.807, 2.05) is 83.5 Å². The summed E-state index contributed by atoms with van der Waals surface area (Å²) >= 11 is 0. The van der Waals surface area contributed by atoms with Crippen molar-refractivity contribution in [2.45, 2.75) is 39.3 Å². The van der Waals surface area contributed by atoms with E-state index in [1.165, 1.54) is 0 Å². The number of ether oxygens (including phenoxy) is 2. The lowest BCUT2D eigenvalue weighted by atomic mass is 10.0. The van der Waals surface area contributed by atoms with Crippen molar-refractivity contribution < 1.29 is 9.47 Å². The average molecular weight is 636 g/mol. The summed E-state index contributed by atoms with van der Waals surface area (Å²) in [5.41, 5.74) is 7.96. The third-order valence-electron chi connectivity index (χ3n) is 7.94. The van der Waals surface area contributed by atoms with Gasteiger partial charge in [-0.25, -0.2) is 9.67 Å². The van der Waals surface area contributed by atoms with Crippen molar-refractivity contribution in [3.05, 3.63) is 155 Å². The monoisotopic (exact) mass is 635 g/mol. The van der Waals surface area contributed by atoms with Crippen LogP contribution < -0.4 is 4.74 Å². The highest BCUT2D eigenvalue weighted by molar-refractivity contribution is 6.76. The molecule has 0 radical (unpaired) electrons. The number of hydrogen-bond acceptors (Lipinski definition) is 4. The molecule has 0 N–H and O–H groups in total. The van der Waals surface area contributed by atoms with Gasteiger partial charge in [0.1, 0.15) is 18.2 Å². The van der Waals surface area contributed by atoms with E-state index in [4.69, 9.17) is 19.6 Å². The molecule has 5 nitrogen and oxygen atoms in total. The molecule has 0 aliphatic rings. The van der Waals surface area contributed by atoms with Gasteiger partial charge in [-0.05, 0) is 48.4 Å². The van der Waals surface area contributed by atoms with E-state index in [0.717, 1.165) is 74.4 Å². The number of nitrogens with zero attached hydrogens (tertiary/aromatic N) is 3. The smallest absolute Gasteiger partial charge is 0.140 e. The molecule has 6 rings (SSSR count). The molecule has 5 aromatic carbocycles. The third-order valence-corrected chi connectivity index (χ3v) is 9.64. The first kappa shape index (κ1) is 31.9. The second-order valence-electron chi connectivity index (χ2n) is 12.9. The van der Waals surface area contributed by atoms with Gasteiger partial charge < -0.3 is 9.47 Å². The zero-order valence-electron chi connectivity index (χ0n) is 27.6. The number of hydrogen-bond donors (Lipinski definition) is 0. The number of aromatic nitrogens is 2. The minimum absolute atomic E-state index is 0.384. The van der Waals surface area contributed by atoms with E-state index < -0.39 is 8.07 Å². The molecule has 236 valence electrons. The molecule has 0 aliphatic heterocycles. The summed E-state index contributed by atoms with van der Waals surface area (Å²) in [6.45, 7) is 10.3. The van der Waals surface area contributed by atoms with Crippen molar-refractivity contribution in [3.8, 4) is 11.5 Å². The lowest BCUT2D eigenvalue weighted by molar-refractivity contribution is 0.0816. The second-order valence-corrected chi connectivity index (χ2v) is 18.5. The molecular weight excluding hydrogens is 595 g/mol. The Labute approximate surface area is 278 Å². The molecule has 0 unspecified atom stereocenters. The minimum atomic E-state index is -1.20. The molecule has 0 saturated carbocycles. The van der Waals surface area contributed by atoms with Crippen molar-refractivity contribution in [1.29, 1.82) is 0 Å². The van der Waals surface area contributed by atoms with E-state index in [9.17, 15) is 0 Å². The molecular formula is C41H41N3O2Si. The van der Waals surface area contributed by atoms with E-state index in [0.29, 0.717) is 6.73 Å². The number of aryl methyl sites for hydroxylation is 1. The lowest BCUT2D eigenvalue weighted by Gasteiger charge is -2.15. The van der Waals surface area contributed by atoms with Crippen LogP contribution in [0.4, 0.5) is 5.69 Å². The number of benzene rings is 5.